The first-order valence-electron chi connectivity index (χ1n) is 8.81. The van der Waals surface area contributed by atoms with Crippen LogP contribution in [0.5, 0.6) is 0 Å². The molecule has 0 aliphatic carbocycles. The van der Waals surface area contributed by atoms with E-state index < -0.39 is 0 Å². The molecular weight excluding hydrogens is 335 g/mol. The normalized spacial score (nSPS) is 19.6. The van der Waals surface area contributed by atoms with Crippen molar-refractivity contribution in [1.82, 2.24) is 9.80 Å². The second-order valence-electron chi connectivity index (χ2n) is 6.84. The Kier molecular flexibility index (Phi) is 5.86. The number of rotatable bonds is 5. The molecule has 1 saturated heterocycles. The summed E-state index contributed by atoms with van der Waals surface area (Å²) in [6, 6.07) is 10.9. The number of carbonyl (C=O) groups excluding carboxylic acids is 1. The van der Waals surface area contributed by atoms with Crippen LogP contribution in [-0.2, 0) is 11.3 Å². The highest BCUT2D eigenvalue weighted by Crippen LogP contribution is 2.27. The van der Waals surface area contributed by atoms with Crippen molar-refractivity contribution in [3.63, 3.8) is 0 Å². The van der Waals surface area contributed by atoms with Crippen LogP contribution < -0.4 is 0 Å². The van der Waals surface area contributed by atoms with Gasteiger partial charge in [-0.1, -0.05) is 18.2 Å². The maximum absolute atomic E-state index is 13.4. The van der Waals surface area contributed by atoms with E-state index >= 15 is 0 Å². The molecule has 0 bridgehead atoms. The highest BCUT2D eigenvalue weighted by molar-refractivity contribution is 7.10. The quantitative estimate of drug-likeness (QED) is 0.793. The average Bonchev–Trinajstić information content (AvgIpc) is 3.15. The van der Waals surface area contributed by atoms with Crippen LogP contribution in [0, 0.1) is 11.7 Å². The average molecular weight is 360 g/mol. The van der Waals surface area contributed by atoms with Crippen molar-refractivity contribution in [2.45, 2.75) is 32.4 Å². The summed E-state index contributed by atoms with van der Waals surface area (Å²) in [5.74, 6) is 0.0335. The molecule has 0 N–H and O–H groups in total. The zero-order valence-electron chi connectivity index (χ0n) is 14.8. The van der Waals surface area contributed by atoms with Crippen molar-refractivity contribution >= 4 is 17.2 Å². The lowest BCUT2D eigenvalue weighted by Gasteiger charge is -2.35. The summed E-state index contributed by atoms with van der Waals surface area (Å²) in [5, 5.41) is 2.05. The number of hydrogen-bond acceptors (Lipinski definition) is 3. The van der Waals surface area contributed by atoms with Crippen LogP contribution in [-0.4, -0.2) is 35.8 Å². The van der Waals surface area contributed by atoms with E-state index in [1.807, 2.05) is 29.5 Å². The molecule has 1 fully saturated rings. The third kappa shape index (κ3) is 4.47. The minimum Gasteiger partial charge on any atom is -0.338 e. The molecular formula is C20H25FN2OS. The lowest BCUT2D eigenvalue weighted by atomic mass is 9.95. The van der Waals surface area contributed by atoms with Gasteiger partial charge in [0.05, 0.1) is 12.0 Å². The van der Waals surface area contributed by atoms with Gasteiger partial charge in [0.2, 0.25) is 5.91 Å². The van der Waals surface area contributed by atoms with Gasteiger partial charge in [-0.2, -0.15) is 0 Å². The predicted octanol–water partition coefficient (Wildman–Crippen LogP) is 4.32. The SMILES string of the molecule is CC(c1cccs1)N(C)C(=O)C1CCCN(Cc2cccc(F)c2)C1. The smallest absolute Gasteiger partial charge is 0.227 e. The summed E-state index contributed by atoms with van der Waals surface area (Å²) in [6.07, 6.45) is 1.94. The fourth-order valence-corrected chi connectivity index (χ4v) is 4.32. The van der Waals surface area contributed by atoms with Gasteiger partial charge in [-0.3, -0.25) is 9.69 Å². The van der Waals surface area contributed by atoms with Crippen molar-refractivity contribution < 1.29 is 9.18 Å². The van der Waals surface area contributed by atoms with E-state index in [0.29, 0.717) is 6.54 Å². The number of likely N-dealkylation sites (tertiary alicyclic amines) is 1. The highest BCUT2D eigenvalue weighted by Gasteiger charge is 2.30. The molecule has 5 heteroatoms. The van der Waals surface area contributed by atoms with Crippen LogP contribution in [0.15, 0.2) is 41.8 Å². The molecule has 25 heavy (non-hydrogen) atoms. The summed E-state index contributed by atoms with van der Waals surface area (Å²) in [4.78, 5) is 18.3. The summed E-state index contributed by atoms with van der Waals surface area (Å²) in [7, 11) is 1.90. The molecule has 2 heterocycles. The molecule has 0 saturated carbocycles. The van der Waals surface area contributed by atoms with Gasteiger partial charge in [-0.05, 0) is 55.5 Å². The van der Waals surface area contributed by atoms with Gasteiger partial charge in [-0.15, -0.1) is 11.3 Å². The number of hydrogen-bond donors (Lipinski definition) is 0. The number of amides is 1. The molecule has 1 aromatic heterocycles. The van der Waals surface area contributed by atoms with Crippen molar-refractivity contribution in [2.75, 3.05) is 20.1 Å². The molecule has 0 spiro atoms. The molecule has 1 aliphatic heterocycles. The molecule has 1 amide bonds. The van der Waals surface area contributed by atoms with Crippen molar-refractivity contribution in [3.05, 3.63) is 58.0 Å². The molecule has 2 atom stereocenters. The summed E-state index contributed by atoms with van der Waals surface area (Å²) >= 11 is 1.69. The fourth-order valence-electron chi connectivity index (χ4n) is 3.49. The van der Waals surface area contributed by atoms with Crippen LogP contribution >= 0.6 is 11.3 Å². The van der Waals surface area contributed by atoms with Gasteiger partial charge in [-0.25, -0.2) is 4.39 Å². The number of carbonyl (C=O) groups is 1. The van der Waals surface area contributed by atoms with Gasteiger partial charge >= 0.3 is 0 Å². The summed E-state index contributed by atoms with van der Waals surface area (Å²) in [6.45, 7) is 4.49. The van der Waals surface area contributed by atoms with E-state index in [0.717, 1.165) is 31.5 Å². The van der Waals surface area contributed by atoms with E-state index in [1.54, 1.807) is 23.5 Å². The maximum Gasteiger partial charge on any atom is 0.227 e. The second-order valence-corrected chi connectivity index (χ2v) is 7.82. The van der Waals surface area contributed by atoms with Crippen molar-refractivity contribution in [1.29, 1.82) is 0 Å². The summed E-state index contributed by atoms with van der Waals surface area (Å²) < 4.78 is 13.4. The monoisotopic (exact) mass is 360 g/mol. The van der Waals surface area contributed by atoms with Crippen molar-refractivity contribution in [3.8, 4) is 0 Å². The molecule has 2 unspecified atom stereocenters. The number of benzene rings is 1. The first-order valence-corrected chi connectivity index (χ1v) is 9.69. The van der Waals surface area contributed by atoms with Crippen LogP contribution in [0.2, 0.25) is 0 Å². The zero-order chi connectivity index (χ0) is 17.8. The number of thiophene rings is 1. The largest absolute Gasteiger partial charge is 0.338 e. The van der Waals surface area contributed by atoms with Crippen LogP contribution in [0.1, 0.15) is 36.2 Å². The van der Waals surface area contributed by atoms with E-state index in [1.165, 1.54) is 10.9 Å². The summed E-state index contributed by atoms with van der Waals surface area (Å²) in [5.41, 5.74) is 0.966. The third-order valence-corrected chi connectivity index (χ3v) is 6.08. The Balaban J connectivity index is 1.61. The topological polar surface area (TPSA) is 23.6 Å². The van der Waals surface area contributed by atoms with Gasteiger partial charge in [0.25, 0.3) is 0 Å². The Hall–Kier alpha value is -1.72. The highest BCUT2D eigenvalue weighted by atomic mass is 32.1. The molecule has 0 radical (unpaired) electrons. The Morgan fingerprint density at radius 1 is 1.40 bits per heavy atom. The third-order valence-electron chi connectivity index (χ3n) is 5.03. The van der Waals surface area contributed by atoms with Gasteiger partial charge in [0.1, 0.15) is 5.82 Å². The fraction of sp³-hybridized carbons (Fsp3) is 0.450. The van der Waals surface area contributed by atoms with Gasteiger partial charge in [0.15, 0.2) is 0 Å². The Labute approximate surface area is 153 Å². The Morgan fingerprint density at radius 2 is 2.24 bits per heavy atom. The molecule has 1 aliphatic rings. The van der Waals surface area contributed by atoms with Crippen molar-refractivity contribution in [2.24, 2.45) is 5.92 Å². The molecule has 2 aromatic rings. The van der Waals surface area contributed by atoms with E-state index in [9.17, 15) is 9.18 Å². The predicted molar refractivity (Wildman–Crippen MR) is 99.9 cm³/mol. The minimum absolute atomic E-state index is 0.0229. The molecule has 3 nitrogen and oxygen atoms in total. The van der Waals surface area contributed by atoms with Gasteiger partial charge in [0, 0.05) is 25.0 Å². The first-order chi connectivity index (χ1) is 12.0. The maximum atomic E-state index is 13.4. The minimum atomic E-state index is -0.202. The zero-order valence-corrected chi connectivity index (χ0v) is 15.6. The van der Waals surface area contributed by atoms with Crippen LogP contribution in [0.25, 0.3) is 0 Å². The van der Waals surface area contributed by atoms with E-state index in [2.05, 4.69) is 17.9 Å². The van der Waals surface area contributed by atoms with Gasteiger partial charge < -0.3 is 4.90 Å². The lowest BCUT2D eigenvalue weighted by molar-refractivity contribution is -0.138. The van der Waals surface area contributed by atoms with E-state index in [4.69, 9.17) is 0 Å². The number of nitrogens with zero attached hydrogens (tertiary/aromatic N) is 2. The Bertz CT molecular complexity index is 703. The standard InChI is InChI=1S/C20H25FN2OS/c1-15(19-9-5-11-25-19)22(2)20(24)17-7-4-10-23(14-17)13-16-6-3-8-18(21)12-16/h3,5-6,8-9,11-12,15,17H,4,7,10,13-14H2,1-2H3. The first kappa shape index (κ1) is 18.1. The lowest BCUT2D eigenvalue weighted by Crippen LogP contribution is -2.43. The molecule has 134 valence electrons. The van der Waals surface area contributed by atoms with E-state index in [-0.39, 0.29) is 23.7 Å². The number of piperidine rings is 1. The Morgan fingerprint density at radius 3 is 2.96 bits per heavy atom. The molecule has 1 aromatic carbocycles. The van der Waals surface area contributed by atoms with Crippen LogP contribution in [0.4, 0.5) is 4.39 Å². The molecule has 3 rings (SSSR count). The second kappa shape index (κ2) is 8.11. The number of halogens is 1. The van der Waals surface area contributed by atoms with Crippen LogP contribution in [0.3, 0.4) is 0 Å².